The number of hydrogen-bond acceptors (Lipinski definition) is 2. The van der Waals surface area contributed by atoms with Crippen LogP contribution in [0.15, 0.2) is 8.86 Å². The van der Waals surface area contributed by atoms with E-state index in [1.165, 1.54) is 0 Å². The molecule has 0 aromatic heterocycles. The van der Waals surface area contributed by atoms with Crippen molar-refractivity contribution >= 4 is 54.5 Å². The van der Waals surface area contributed by atoms with Gasteiger partial charge in [0.05, 0.1) is 0 Å². The molecule has 9 heavy (non-hydrogen) atoms. The van der Waals surface area contributed by atoms with Crippen molar-refractivity contribution in [3.8, 4) is 0 Å². The van der Waals surface area contributed by atoms with Crippen molar-refractivity contribution in [1.82, 2.24) is 0 Å². The Balaban J connectivity index is 4.86. The van der Waals surface area contributed by atoms with Crippen LogP contribution < -0.4 is 0 Å². The van der Waals surface area contributed by atoms with Gasteiger partial charge in [0, 0.05) is 10.7 Å². The minimum absolute atomic E-state index is 0.563. The van der Waals surface area contributed by atoms with Gasteiger partial charge in [-0.25, -0.2) is 8.42 Å². The first-order valence-corrected chi connectivity index (χ1v) is 4.95. The minimum Gasteiger partial charge on any atom is -0.206 e. The Morgan fingerprint density at radius 3 is 1.44 bits per heavy atom. The molecule has 0 N–H and O–H groups in total. The Hall–Kier alpha value is 0.850. The summed E-state index contributed by atoms with van der Waals surface area (Å²) in [4.78, 5) is 0. The van der Waals surface area contributed by atoms with E-state index in [0.717, 1.165) is 0 Å². The third-order valence-corrected chi connectivity index (χ3v) is 3.29. The zero-order valence-electron chi connectivity index (χ0n) is 3.74. The molecule has 0 saturated carbocycles. The highest BCUT2D eigenvalue weighted by Gasteiger charge is 2.14. The summed E-state index contributed by atoms with van der Waals surface area (Å²) in [7, 11) is 0.743. The summed E-state index contributed by atoms with van der Waals surface area (Å²) in [6, 6.07) is 0. The molecule has 0 saturated heterocycles. The Morgan fingerprint density at radius 2 is 1.44 bits per heavy atom. The van der Waals surface area contributed by atoms with E-state index in [0.29, 0.717) is 0 Å². The van der Waals surface area contributed by atoms with Gasteiger partial charge in [0.1, 0.15) is 4.49 Å². The summed E-state index contributed by atoms with van der Waals surface area (Å²) in [6.07, 6.45) is 0. The summed E-state index contributed by atoms with van der Waals surface area (Å²) in [5.74, 6) is 0. The maximum absolute atomic E-state index is 10.2. The largest absolute Gasteiger partial charge is 0.274 e. The van der Waals surface area contributed by atoms with Gasteiger partial charge in [-0.05, 0) is 0 Å². The van der Waals surface area contributed by atoms with Gasteiger partial charge in [-0.2, -0.15) is 0 Å². The highest BCUT2D eigenvalue weighted by molar-refractivity contribution is 8.18. The average molecular weight is 230 g/mol. The smallest absolute Gasteiger partial charge is 0.206 e. The Labute approximate surface area is 71.8 Å². The molecule has 0 aromatic carbocycles. The van der Waals surface area contributed by atoms with Crippen LogP contribution in [-0.2, 0) is 9.05 Å². The Bertz CT molecular complexity index is 223. The first-order chi connectivity index (χ1) is 3.85. The van der Waals surface area contributed by atoms with Crippen LogP contribution in [0.5, 0.6) is 0 Å². The molecule has 0 atom stereocenters. The van der Waals surface area contributed by atoms with Gasteiger partial charge in [-0.15, -0.1) is 0 Å². The fraction of sp³-hybridized carbons (Fsp3) is 0. The standard InChI is InChI=1S/C2Cl4O2S/c3-1(4)2(5)9(6,7)8. The molecule has 0 radical (unpaired) electrons. The molecule has 0 rings (SSSR count). The second-order valence-electron chi connectivity index (χ2n) is 0.972. The zero-order valence-corrected chi connectivity index (χ0v) is 7.58. The number of halogens is 4. The van der Waals surface area contributed by atoms with Crippen LogP contribution in [0.3, 0.4) is 0 Å². The molecule has 0 heterocycles. The van der Waals surface area contributed by atoms with Crippen LogP contribution in [-0.4, -0.2) is 8.42 Å². The predicted molar refractivity (Wildman–Crippen MR) is 39.4 cm³/mol. The van der Waals surface area contributed by atoms with Crippen molar-refractivity contribution in [2.75, 3.05) is 0 Å². The fourth-order valence-corrected chi connectivity index (χ4v) is 1.35. The molecule has 0 aliphatic rings. The van der Waals surface area contributed by atoms with E-state index < -0.39 is 17.9 Å². The summed E-state index contributed by atoms with van der Waals surface area (Å²) in [5.41, 5.74) is 0. The summed E-state index contributed by atoms with van der Waals surface area (Å²) in [6.45, 7) is 0. The maximum Gasteiger partial charge on any atom is 0.274 e. The van der Waals surface area contributed by atoms with Crippen LogP contribution in [0.1, 0.15) is 0 Å². The van der Waals surface area contributed by atoms with Gasteiger partial charge < -0.3 is 0 Å². The van der Waals surface area contributed by atoms with Gasteiger partial charge in [0.15, 0.2) is 4.36 Å². The van der Waals surface area contributed by atoms with Gasteiger partial charge >= 0.3 is 0 Å². The van der Waals surface area contributed by atoms with Crippen LogP contribution in [0.4, 0.5) is 0 Å². The normalized spacial score (nSPS) is 11.1. The molecule has 0 aromatic rings. The SMILES string of the molecule is O=S(=O)(Cl)C(Cl)=C(Cl)Cl. The first-order valence-electron chi connectivity index (χ1n) is 1.51. The van der Waals surface area contributed by atoms with Crippen molar-refractivity contribution in [2.45, 2.75) is 0 Å². The van der Waals surface area contributed by atoms with Crippen molar-refractivity contribution in [1.29, 1.82) is 0 Å². The van der Waals surface area contributed by atoms with E-state index in [1.54, 1.807) is 0 Å². The van der Waals surface area contributed by atoms with E-state index in [2.05, 4.69) is 0 Å². The van der Waals surface area contributed by atoms with Gasteiger partial charge in [0.2, 0.25) is 0 Å². The fourth-order valence-electron chi connectivity index (χ4n) is 0.0922. The lowest BCUT2D eigenvalue weighted by Crippen LogP contribution is -1.86. The molecule has 0 fully saturated rings. The summed E-state index contributed by atoms with van der Waals surface area (Å²) < 4.78 is 19.0. The Kier molecular flexibility index (Phi) is 3.61. The van der Waals surface area contributed by atoms with Gasteiger partial charge in [0.25, 0.3) is 9.05 Å². The van der Waals surface area contributed by atoms with Crippen LogP contribution in [0, 0.1) is 0 Å². The van der Waals surface area contributed by atoms with Crippen molar-refractivity contribution < 1.29 is 8.42 Å². The van der Waals surface area contributed by atoms with Crippen molar-refractivity contribution in [3.05, 3.63) is 8.86 Å². The third-order valence-electron chi connectivity index (χ3n) is 0.363. The second kappa shape index (κ2) is 3.30. The van der Waals surface area contributed by atoms with E-state index in [4.69, 9.17) is 45.5 Å². The lowest BCUT2D eigenvalue weighted by Gasteiger charge is -1.88. The molecule has 0 spiro atoms. The monoisotopic (exact) mass is 228 g/mol. The highest BCUT2D eigenvalue weighted by atomic mass is 35.7. The lowest BCUT2D eigenvalue weighted by atomic mass is 11.2. The molecule has 0 aliphatic carbocycles. The van der Waals surface area contributed by atoms with Crippen molar-refractivity contribution in [3.63, 3.8) is 0 Å². The Morgan fingerprint density at radius 1 is 1.11 bits per heavy atom. The first kappa shape index (κ1) is 9.85. The maximum atomic E-state index is 10.2. The highest BCUT2D eigenvalue weighted by Crippen LogP contribution is 2.25. The third kappa shape index (κ3) is 3.53. The molecule has 2 nitrogen and oxygen atoms in total. The van der Waals surface area contributed by atoms with Crippen LogP contribution in [0.25, 0.3) is 0 Å². The zero-order chi connectivity index (χ0) is 7.65. The molecular formula is C2Cl4O2S. The molecule has 0 unspecified atom stereocenters. The molecule has 7 heteroatoms. The average Bonchev–Trinajstić information content (AvgIpc) is 1.62. The quantitative estimate of drug-likeness (QED) is 0.648. The van der Waals surface area contributed by atoms with E-state index >= 15 is 0 Å². The molecular weight excluding hydrogens is 230 g/mol. The second-order valence-corrected chi connectivity index (χ2v) is 5.03. The lowest BCUT2D eigenvalue weighted by molar-refractivity contribution is 0.616. The topological polar surface area (TPSA) is 34.1 Å². The van der Waals surface area contributed by atoms with E-state index in [9.17, 15) is 8.42 Å². The van der Waals surface area contributed by atoms with Crippen LogP contribution >= 0.6 is 45.5 Å². The summed E-state index contributed by atoms with van der Waals surface area (Å²) in [5, 5.41) is 0. The van der Waals surface area contributed by atoms with E-state index in [1.807, 2.05) is 0 Å². The van der Waals surface area contributed by atoms with Crippen molar-refractivity contribution in [2.24, 2.45) is 0 Å². The van der Waals surface area contributed by atoms with E-state index in [-0.39, 0.29) is 0 Å². The van der Waals surface area contributed by atoms with Crippen LogP contribution in [0.2, 0.25) is 0 Å². The molecule has 0 bridgehead atoms. The minimum atomic E-state index is -3.95. The molecule has 54 valence electrons. The van der Waals surface area contributed by atoms with Gasteiger partial charge in [-0.3, -0.25) is 0 Å². The number of rotatable bonds is 1. The van der Waals surface area contributed by atoms with Gasteiger partial charge in [-0.1, -0.05) is 34.8 Å². The number of hydrogen-bond donors (Lipinski definition) is 0. The summed E-state index contributed by atoms with van der Waals surface area (Å²) >= 11 is 14.9. The predicted octanol–water partition coefficient (Wildman–Crippen LogP) is 2.40. The molecule has 0 aliphatic heterocycles. The molecule has 0 amide bonds.